The van der Waals surface area contributed by atoms with E-state index >= 15 is 0 Å². The highest BCUT2D eigenvalue weighted by molar-refractivity contribution is 7.15. The molecule has 4 aromatic rings. The standard InChI is InChI=1S/C27H26N2O4S/c1-4-21(29-22-14-10-9-13-19(22)17(3)15-23(29)30)25(31)28-26-24(27(32)33-5-2)20(16-34-26)18-11-7-6-8-12-18/h6-16,21H,4-5H2,1-3H3,(H,28,31). The number of nitrogens with one attached hydrogen (secondary N) is 1. The Bertz CT molecular complexity index is 1410. The van der Waals surface area contributed by atoms with Crippen LogP contribution >= 0.6 is 11.3 Å². The van der Waals surface area contributed by atoms with Crippen molar-refractivity contribution in [2.45, 2.75) is 33.2 Å². The van der Waals surface area contributed by atoms with Gasteiger partial charge < -0.3 is 10.1 Å². The summed E-state index contributed by atoms with van der Waals surface area (Å²) >= 11 is 1.27. The smallest absolute Gasteiger partial charge is 0.341 e. The van der Waals surface area contributed by atoms with Crippen LogP contribution in [0, 0.1) is 6.92 Å². The van der Waals surface area contributed by atoms with Gasteiger partial charge in [0.05, 0.1) is 12.1 Å². The first kappa shape index (κ1) is 23.4. The fraction of sp³-hybridized carbons (Fsp3) is 0.222. The number of hydrogen-bond acceptors (Lipinski definition) is 5. The summed E-state index contributed by atoms with van der Waals surface area (Å²) in [7, 11) is 0. The second-order valence-corrected chi connectivity index (χ2v) is 8.79. The lowest BCUT2D eigenvalue weighted by Gasteiger charge is -2.21. The Hall–Kier alpha value is -3.71. The molecule has 6 nitrogen and oxygen atoms in total. The molecule has 0 spiro atoms. The lowest BCUT2D eigenvalue weighted by molar-refractivity contribution is -0.119. The van der Waals surface area contributed by atoms with E-state index < -0.39 is 12.0 Å². The van der Waals surface area contributed by atoms with Crippen LogP contribution in [0.25, 0.3) is 22.0 Å². The van der Waals surface area contributed by atoms with Gasteiger partial charge in [0, 0.05) is 22.4 Å². The van der Waals surface area contributed by atoms with Gasteiger partial charge in [-0.1, -0.05) is 55.5 Å². The van der Waals surface area contributed by atoms with Crippen molar-refractivity contribution in [1.29, 1.82) is 0 Å². The van der Waals surface area contributed by atoms with E-state index in [0.717, 1.165) is 16.5 Å². The van der Waals surface area contributed by atoms with Gasteiger partial charge in [0.1, 0.15) is 16.6 Å². The quantitative estimate of drug-likeness (QED) is 0.343. The minimum absolute atomic E-state index is 0.221. The van der Waals surface area contributed by atoms with Crippen LogP contribution in [0.5, 0.6) is 0 Å². The molecular weight excluding hydrogens is 448 g/mol. The van der Waals surface area contributed by atoms with Crippen molar-refractivity contribution in [2.75, 3.05) is 11.9 Å². The Labute approximate surface area is 201 Å². The van der Waals surface area contributed by atoms with Crippen LogP contribution in [0.15, 0.2) is 70.8 Å². The molecular formula is C27H26N2O4S. The number of pyridine rings is 1. The molecule has 4 rings (SSSR count). The highest BCUT2D eigenvalue weighted by Gasteiger charge is 2.27. The van der Waals surface area contributed by atoms with Gasteiger partial charge in [-0.15, -0.1) is 11.3 Å². The number of aryl methyl sites for hydroxylation is 1. The summed E-state index contributed by atoms with van der Waals surface area (Å²) in [6.07, 6.45) is 0.407. The number of nitrogens with zero attached hydrogens (tertiary/aromatic N) is 1. The first-order valence-electron chi connectivity index (χ1n) is 11.2. The van der Waals surface area contributed by atoms with Gasteiger partial charge in [0.25, 0.3) is 5.56 Å². The van der Waals surface area contributed by atoms with Crippen molar-refractivity contribution < 1.29 is 14.3 Å². The van der Waals surface area contributed by atoms with E-state index in [0.29, 0.717) is 28.1 Å². The number of rotatable bonds is 7. The van der Waals surface area contributed by atoms with Gasteiger partial charge in [-0.2, -0.15) is 0 Å². The van der Waals surface area contributed by atoms with Crippen molar-refractivity contribution in [2.24, 2.45) is 0 Å². The lowest BCUT2D eigenvalue weighted by Crippen LogP contribution is -2.33. The zero-order valence-electron chi connectivity index (χ0n) is 19.3. The molecule has 2 aromatic heterocycles. The maximum Gasteiger partial charge on any atom is 0.341 e. The van der Waals surface area contributed by atoms with E-state index in [2.05, 4.69) is 5.32 Å². The molecule has 0 radical (unpaired) electrons. The Morgan fingerprint density at radius 1 is 1.06 bits per heavy atom. The molecule has 0 bridgehead atoms. The number of anilines is 1. The first-order chi connectivity index (χ1) is 16.5. The predicted octanol–water partition coefficient (Wildman–Crippen LogP) is 5.80. The second-order valence-electron chi connectivity index (χ2n) is 7.91. The molecule has 34 heavy (non-hydrogen) atoms. The van der Waals surface area contributed by atoms with Crippen LogP contribution in [0.1, 0.15) is 42.2 Å². The number of fused-ring (bicyclic) bond motifs is 1. The zero-order chi connectivity index (χ0) is 24.2. The van der Waals surface area contributed by atoms with Crippen LogP contribution in [0.2, 0.25) is 0 Å². The maximum atomic E-state index is 13.5. The minimum atomic E-state index is -0.740. The third-order valence-electron chi connectivity index (χ3n) is 5.76. The third-order valence-corrected chi connectivity index (χ3v) is 6.65. The highest BCUT2D eigenvalue weighted by Crippen LogP contribution is 2.37. The van der Waals surface area contributed by atoms with Gasteiger partial charge in [0.2, 0.25) is 5.91 Å². The molecule has 1 N–H and O–H groups in total. The monoisotopic (exact) mass is 474 g/mol. The SMILES string of the molecule is CCOC(=O)c1c(-c2ccccc2)csc1NC(=O)C(CC)n1c(=O)cc(C)c2ccccc21. The number of aromatic nitrogens is 1. The second kappa shape index (κ2) is 10.1. The number of carbonyl (C=O) groups excluding carboxylic acids is 2. The van der Waals surface area contributed by atoms with Gasteiger partial charge in [-0.3, -0.25) is 14.2 Å². The summed E-state index contributed by atoms with van der Waals surface area (Å²) in [5.74, 6) is -0.852. The summed E-state index contributed by atoms with van der Waals surface area (Å²) in [5.41, 5.74) is 3.21. The van der Waals surface area contributed by atoms with Crippen molar-refractivity contribution in [3.8, 4) is 11.1 Å². The van der Waals surface area contributed by atoms with Crippen molar-refractivity contribution >= 4 is 39.1 Å². The predicted molar refractivity (Wildman–Crippen MR) is 137 cm³/mol. The van der Waals surface area contributed by atoms with Crippen LogP contribution in [-0.2, 0) is 9.53 Å². The normalized spacial score (nSPS) is 11.9. The summed E-state index contributed by atoms with van der Waals surface area (Å²) in [5, 5.41) is 6.08. The topological polar surface area (TPSA) is 77.4 Å². The van der Waals surface area contributed by atoms with Gasteiger partial charge in [-0.05, 0) is 37.5 Å². The van der Waals surface area contributed by atoms with Crippen LogP contribution in [0.4, 0.5) is 5.00 Å². The number of carbonyl (C=O) groups is 2. The Morgan fingerprint density at radius 3 is 2.47 bits per heavy atom. The molecule has 2 heterocycles. The van der Waals surface area contributed by atoms with Crippen molar-refractivity contribution in [3.63, 3.8) is 0 Å². The molecule has 0 aliphatic rings. The van der Waals surface area contributed by atoms with Gasteiger partial charge >= 0.3 is 5.97 Å². The summed E-state index contributed by atoms with van der Waals surface area (Å²) < 4.78 is 6.83. The highest BCUT2D eigenvalue weighted by atomic mass is 32.1. The fourth-order valence-corrected chi connectivity index (χ4v) is 5.12. The van der Waals surface area contributed by atoms with E-state index in [4.69, 9.17) is 4.74 Å². The van der Waals surface area contributed by atoms with Crippen molar-refractivity contribution in [3.05, 3.63) is 87.5 Å². The van der Waals surface area contributed by atoms with E-state index in [1.807, 2.05) is 73.8 Å². The summed E-state index contributed by atoms with van der Waals surface area (Å²) in [6.45, 7) is 5.71. The Kier molecular flexibility index (Phi) is 6.93. The molecule has 1 unspecified atom stereocenters. The third kappa shape index (κ3) is 4.39. The van der Waals surface area contributed by atoms with Crippen molar-refractivity contribution in [1.82, 2.24) is 4.57 Å². The summed E-state index contributed by atoms with van der Waals surface area (Å²) in [4.78, 5) is 39.3. The first-order valence-corrected chi connectivity index (χ1v) is 12.1. The lowest BCUT2D eigenvalue weighted by atomic mass is 10.0. The van der Waals surface area contributed by atoms with E-state index in [1.165, 1.54) is 15.9 Å². The number of esters is 1. The van der Waals surface area contributed by atoms with Crippen LogP contribution in [-0.4, -0.2) is 23.1 Å². The number of thiophene rings is 1. The summed E-state index contributed by atoms with van der Waals surface area (Å²) in [6, 6.07) is 17.9. The minimum Gasteiger partial charge on any atom is -0.462 e. The molecule has 0 aliphatic heterocycles. The van der Waals surface area contributed by atoms with E-state index in [1.54, 1.807) is 13.0 Å². The average Bonchev–Trinajstić information content (AvgIpc) is 3.26. The molecule has 2 aromatic carbocycles. The average molecular weight is 475 g/mol. The number of hydrogen-bond donors (Lipinski definition) is 1. The number of ether oxygens (including phenoxy) is 1. The Balaban J connectivity index is 1.76. The largest absolute Gasteiger partial charge is 0.462 e. The van der Waals surface area contributed by atoms with Crippen LogP contribution in [0.3, 0.4) is 0 Å². The molecule has 1 amide bonds. The molecule has 174 valence electrons. The van der Waals surface area contributed by atoms with Gasteiger partial charge in [-0.25, -0.2) is 4.79 Å². The number of para-hydroxylation sites is 1. The molecule has 0 aliphatic carbocycles. The zero-order valence-corrected chi connectivity index (χ0v) is 20.1. The fourth-order valence-electron chi connectivity index (χ4n) is 4.16. The van der Waals surface area contributed by atoms with E-state index in [-0.39, 0.29) is 18.1 Å². The Morgan fingerprint density at radius 2 is 1.76 bits per heavy atom. The van der Waals surface area contributed by atoms with Crippen LogP contribution < -0.4 is 10.9 Å². The number of benzene rings is 2. The molecule has 7 heteroatoms. The molecule has 1 atom stereocenters. The molecule has 0 fully saturated rings. The number of amides is 1. The van der Waals surface area contributed by atoms with E-state index in [9.17, 15) is 14.4 Å². The molecule has 0 saturated heterocycles. The van der Waals surface area contributed by atoms with Gasteiger partial charge in [0.15, 0.2) is 0 Å². The molecule has 0 saturated carbocycles. The maximum absolute atomic E-state index is 13.5.